The number of hydrogen-bond acceptors (Lipinski definition) is 6. The fourth-order valence-electron chi connectivity index (χ4n) is 3.59. The van der Waals surface area contributed by atoms with Crippen molar-refractivity contribution in [2.24, 2.45) is 7.05 Å². The van der Waals surface area contributed by atoms with Crippen LogP contribution in [0.15, 0.2) is 23.7 Å². The predicted molar refractivity (Wildman–Crippen MR) is 107 cm³/mol. The van der Waals surface area contributed by atoms with Crippen LogP contribution in [-0.4, -0.2) is 64.7 Å². The van der Waals surface area contributed by atoms with Gasteiger partial charge >= 0.3 is 0 Å². The molecule has 0 radical (unpaired) electrons. The van der Waals surface area contributed by atoms with Gasteiger partial charge in [0.2, 0.25) is 15.0 Å². The Bertz CT molecular complexity index is 868. The number of rotatable bonds is 10. The summed E-state index contributed by atoms with van der Waals surface area (Å²) >= 11 is 0. The SMILES string of the molecule is CCCS(=O)(=O)c1ncc(CN(C)CCc2cnn(C)c2)n1CC1CCCO1. The third-order valence-electron chi connectivity index (χ3n) is 5.04. The van der Waals surface area contributed by atoms with Gasteiger partial charge in [-0.1, -0.05) is 6.92 Å². The van der Waals surface area contributed by atoms with Crippen LogP contribution in [0.4, 0.5) is 0 Å². The summed E-state index contributed by atoms with van der Waals surface area (Å²) in [6.45, 7) is 4.66. The lowest BCUT2D eigenvalue weighted by Crippen LogP contribution is -2.26. The molecule has 1 fully saturated rings. The van der Waals surface area contributed by atoms with E-state index < -0.39 is 9.84 Å². The van der Waals surface area contributed by atoms with E-state index in [1.807, 2.05) is 38.0 Å². The second-order valence-corrected chi connectivity index (χ2v) is 9.61. The molecule has 1 atom stereocenters. The zero-order valence-electron chi connectivity index (χ0n) is 17.0. The van der Waals surface area contributed by atoms with Crippen LogP contribution in [0.25, 0.3) is 0 Å². The maximum Gasteiger partial charge on any atom is 0.227 e. The third kappa shape index (κ3) is 5.21. The van der Waals surface area contributed by atoms with E-state index in [-0.39, 0.29) is 17.0 Å². The Labute approximate surface area is 167 Å². The molecule has 3 rings (SSSR count). The first-order valence-corrected chi connectivity index (χ1v) is 11.6. The molecule has 2 aromatic heterocycles. The Balaban J connectivity index is 1.74. The minimum atomic E-state index is -3.38. The highest BCUT2D eigenvalue weighted by atomic mass is 32.2. The Morgan fingerprint density at radius 1 is 1.36 bits per heavy atom. The average Bonchev–Trinajstić information content (AvgIpc) is 3.36. The molecular weight excluding hydrogens is 378 g/mol. The van der Waals surface area contributed by atoms with Crippen LogP contribution in [0.5, 0.6) is 0 Å². The maximum absolute atomic E-state index is 12.7. The van der Waals surface area contributed by atoms with Gasteiger partial charge in [0.1, 0.15) is 0 Å². The topological polar surface area (TPSA) is 82.3 Å². The standard InChI is InChI=1S/C19H31N5O3S/c1-4-10-28(25,26)19-20-12-17(24(19)15-18-6-5-9-27-18)14-22(2)8-7-16-11-21-23(3)13-16/h11-13,18H,4-10,14-15H2,1-3H3. The molecule has 0 aromatic carbocycles. The summed E-state index contributed by atoms with van der Waals surface area (Å²) in [4.78, 5) is 6.49. The fraction of sp³-hybridized carbons (Fsp3) is 0.684. The average molecular weight is 410 g/mol. The van der Waals surface area contributed by atoms with Gasteiger partial charge in [-0.2, -0.15) is 5.10 Å². The number of nitrogens with zero attached hydrogens (tertiary/aromatic N) is 5. The van der Waals surface area contributed by atoms with Gasteiger partial charge in [0.25, 0.3) is 0 Å². The number of aromatic nitrogens is 4. The molecule has 9 heteroatoms. The van der Waals surface area contributed by atoms with Crippen molar-refractivity contribution in [2.75, 3.05) is 26.0 Å². The molecule has 1 saturated heterocycles. The van der Waals surface area contributed by atoms with Crippen molar-refractivity contribution < 1.29 is 13.2 Å². The van der Waals surface area contributed by atoms with Crippen LogP contribution < -0.4 is 0 Å². The van der Waals surface area contributed by atoms with Crippen molar-refractivity contribution in [3.8, 4) is 0 Å². The molecule has 0 saturated carbocycles. The molecular formula is C19H31N5O3S. The number of likely N-dealkylation sites (N-methyl/N-ethyl adjacent to an activating group) is 1. The first kappa shape index (κ1) is 21.0. The second-order valence-electron chi connectivity index (χ2n) is 7.61. The lowest BCUT2D eigenvalue weighted by Gasteiger charge is -2.20. The summed E-state index contributed by atoms with van der Waals surface area (Å²) in [5, 5.41) is 4.38. The Kier molecular flexibility index (Phi) is 6.90. The van der Waals surface area contributed by atoms with Crippen molar-refractivity contribution >= 4 is 9.84 Å². The predicted octanol–water partition coefficient (Wildman–Crippen LogP) is 1.65. The van der Waals surface area contributed by atoms with Gasteiger partial charge in [-0.3, -0.25) is 4.68 Å². The minimum absolute atomic E-state index is 0.0595. The van der Waals surface area contributed by atoms with E-state index in [9.17, 15) is 8.42 Å². The molecule has 156 valence electrons. The number of hydrogen-bond donors (Lipinski definition) is 0. The van der Waals surface area contributed by atoms with E-state index >= 15 is 0 Å². The second kappa shape index (κ2) is 9.19. The molecule has 3 heterocycles. The van der Waals surface area contributed by atoms with Crippen molar-refractivity contribution in [3.05, 3.63) is 29.8 Å². The first-order valence-electron chi connectivity index (χ1n) is 9.94. The summed E-state index contributed by atoms with van der Waals surface area (Å²) < 4.78 is 34.8. The quantitative estimate of drug-likeness (QED) is 0.593. The maximum atomic E-state index is 12.7. The molecule has 0 bridgehead atoms. The van der Waals surface area contributed by atoms with Gasteiger partial charge in [0, 0.05) is 32.9 Å². The molecule has 1 aliphatic rings. The molecule has 1 unspecified atom stereocenters. The van der Waals surface area contributed by atoms with Crippen LogP contribution in [0, 0.1) is 0 Å². The lowest BCUT2D eigenvalue weighted by molar-refractivity contribution is 0.0934. The third-order valence-corrected chi connectivity index (χ3v) is 6.86. The summed E-state index contributed by atoms with van der Waals surface area (Å²) in [5.41, 5.74) is 2.10. The van der Waals surface area contributed by atoms with Crippen LogP contribution in [0.3, 0.4) is 0 Å². The summed E-state index contributed by atoms with van der Waals surface area (Å²) in [5.74, 6) is 0.117. The largest absolute Gasteiger partial charge is 0.376 e. The first-order chi connectivity index (χ1) is 13.4. The van der Waals surface area contributed by atoms with Crippen LogP contribution >= 0.6 is 0 Å². The highest BCUT2D eigenvalue weighted by molar-refractivity contribution is 7.91. The van der Waals surface area contributed by atoms with Crippen molar-refractivity contribution in [3.63, 3.8) is 0 Å². The molecule has 1 aliphatic heterocycles. The van der Waals surface area contributed by atoms with E-state index in [1.54, 1.807) is 10.9 Å². The molecule has 0 amide bonds. The lowest BCUT2D eigenvalue weighted by atomic mass is 10.2. The zero-order valence-corrected chi connectivity index (χ0v) is 17.9. The Morgan fingerprint density at radius 2 is 2.18 bits per heavy atom. The van der Waals surface area contributed by atoms with Crippen molar-refractivity contribution in [1.29, 1.82) is 0 Å². The molecule has 28 heavy (non-hydrogen) atoms. The van der Waals surface area contributed by atoms with Crippen LogP contribution in [0.1, 0.15) is 37.4 Å². The monoisotopic (exact) mass is 409 g/mol. The smallest absolute Gasteiger partial charge is 0.227 e. The van der Waals surface area contributed by atoms with Gasteiger partial charge in [0.15, 0.2) is 0 Å². The normalized spacial score (nSPS) is 17.6. The summed E-state index contributed by atoms with van der Waals surface area (Å²) in [6, 6.07) is 0. The number of aryl methyl sites for hydroxylation is 1. The number of imidazole rings is 1. The fourth-order valence-corrected chi connectivity index (χ4v) is 5.05. The van der Waals surface area contributed by atoms with Gasteiger partial charge in [0.05, 0.1) is 36.5 Å². The molecule has 0 N–H and O–H groups in total. The molecule has 0 spiro atoms. The Morgan fingerprint density at radius 3 is 2.82 bits per heavy atom. The van der Waals surface area contributed by atoms with E-state index in [4.69, 9.17) is 4.74 Å². The van der Waals surface area contributed by atoms with Gasteiger partial charge in [-0.15, -0.1) is 0 Å². The summed E-state index contributed by atoms with van der Waals surface area (Å²) in [7, 11) is 0.570. The van der Waals surface area contributed by atoms with Gasteiger partial charge < -0.3 is 14.2 Å². The number of sulfone groups is 1. The summed E-state index contributed by atoms with van der Waals surface area (Å²) in [6.07, 6.45) is 9.12. The van der Waals surface area contributed by atoms with Gasteiger partial charge in [-0.25, -0.2) is 13.4 Å². The molecule has 8 nitrogen and oxygen atoms in total. The number of ether oxygens (including phenoxy) is 1. The van der Waals surface area contributed by atoms with E-state index in [0.717, 1.165) is 38.1 Å². The van der Waals surface area contributed by atoms with Crippen LogP contribution in [-0.2, 0) is 41.1 Å². The zero-order chi connectivity index (χ0) is 20.1. The van der Waals surface area contributed by atoms with E-state index in [1.165, 1.54) is 5.56 Å². The molecule has 0 aliphatic carbocycles. The van der Waals surface area contributed by atoms with E-state index in [2.05, 4.69) is 15.0 Å². The van der Waals surface area contributed by atoms with Crippen molar-refractivity contribution in [1.82, 2.24) is 24.2 Å². The highest BCUT2D eigenvalue weighted by Crippen LogP contribution is 2.21. The van der Waals surface area contributed by atoms with Gasteiger partial charge in [-0.05, 0) is 38.3 Å². The van der Waals surface area contributed by atoms with Crippen LogP contribution in [0.2, 0.25) is 0 Å². The van der Waals surface area contributed by atoms with E-state index in [0.29, 0.717) is 19.5 Å². The molecule has 2 aromatic rings. The van der Waals surface area contributed by atoms with Crippen molar-refractivity contribution in [2.45, 2.75) is 57.0 Å². The minimum Gasteiger partial charge on any atom is -0.376 e. The Hall–Kier alpha value is -1.71. The highest BCUT2D eigenvalue weighted by Gasteiger charge is 2.26.